The molecule has 1 aromatic heterocycles. The lowest BCUT2D eigenvalue weighted by Gasteiger charge is -2.44. The van der Waals surface area contributed by atoms with Crippen molar-refractivity contribution in [2.24, 2.45) is 0 Å². The number of cyclic esters (lactones) is 1. The number of nitrogens with zero attached hydrogens (tertiary/aromatic N) is 4. The van der Waals surface area contributed by atoms with Gasteiger partial charge in [0, 0.05) is 38.6 Å². The number of hydrogen-bond acceptors (Lipinski definition) is 5. The van der Waals surface area contributed by atoms with Crippen LogP contribution in [0.3, 0.4) is 0 Å². The van der Waals surface area contributed by atoms with Crippen molar-refractivity contribution < 1.29 is 14.3 Å². The molecule has 0 saturated carbocycles. The molecule has 1 aromatic rings. The maximum Gasteiger partial charge on any atom is 0.410 e. The summed E-state index contributed by atoms with van der Waals surface area (Å²) in [6.07, 6.45) is 4.05. The van der Waals surface area contributed by atoms with Gasteiger partial charge >= 0.3 is 6.09 Å². The number of rotatable bonds is 5. The lowest BCUT2D eigenvalue weighted by atomic mass is 9.93. The number of pyridine rings is 1. The second-order valence-corrected chi connectivity index (χ2v) is 6.63. The van der Waals surface area contributed by atoms with E-state index in [0.717, 1.165) is 12.0 Å². The Morgan fingerprint density at radius 1 is 1.38 bits per heavy atom. The Labute approximate surface area is 142 Å². The van der Waals surface area contributed by atoms with Crippen LogP contribution >= 0.6 is 0 Å². The van der Waals surface area contributed by atoms with E-state index in [1.54, 1.807) is 17.3 Å². The number of ether oxygens (including phenoxy) is 1. The van der Waals surface area contributed by atoms with E-state index in [1.807, 2.05) is 35.9 Å². The van der Waals surface area contributed by atoms with E-state index in [4.69, 9.17) is 4.74 Å². The van der Waals surface area contributed by atoms with Crippen LogP contribution in [0.5, 0.6) is 0 Å². The first-order chi connectivity index (χ1) is 11.5. The molecule has 7 heteroatoms. The predicted molar refractivity (Wildman–Crippen MR) is 88.2 cm³/mol. The molecule has 7 nitrogen and oxygen atoms in total. The van der Waals surface area contributed by atoms with Crippen LogP contribution in [-0.4, -0.2) is 77.1 Å². The highest BCUT2D eigenvalue weighted by Gasteiger charge is 2.50. The maximum absolute atomic E-state index is 12.7. The largest absolute Gasteiger partial charge is 0.447 e. The molecule has 0 radical (unpaired) electrons. The van der Waals surface area contributed by atoms with Gasteiger partial charge in [-0.3, -0.25) is 19.6 Å². The number of amides is 2. The Morgan fingerprint density at radius 3 is 2.83 bits per heavy atom. The lowest BCUT2D eigenvalue weighted by molar-refractivity contribution is -0.136. The molecule has 2 aliphatic heterocycles. The Hall–Kier alpha value is -2.15. The topological polar surface area (TPSA) is 66.0 Å². The van der Waals surface area contributed by atoms with Crippen LogP contribution < -0.4 is 0 Å². The van der Waals surface area contributed by atoms with Crippen LogP contribution in [0.4, 0.5) is 4.79 Å². The molecule has 1 unspecified atom stereocenters. The van der Waals surface area contributed by atoms with Gasteiger partial charge in [-0.2, -0.15) is 0 Å². The average molecular weight is 332 g/mol. The summed E-state index contributed by atoms with van der Waals surface area (Å²) in [7, 11) is 1.94. The minimum absolute atomic E-state index is 0.0957. The lowest BCUT2D eigenvalue weighted by Crippen LogP contribution is -2.62. The van der Waals surface area contributed by atoms with Crippen LogP contribution in [0.2, 0.25) is 0 Å². The summed E-state index contributed by atoms with van der Waals surface area (Å²) in [4.78, 5) is 34.1. The Bertz CT molecular complexity index is 609. The molecule has 0 bridgehead atoms. The molecule has 3 heterocycles. The number of piperazine rings is 1. The highest BCUT2D eigenvalue weighted by atomic mass is 16.6. The van der Waals surface area contributed by atoms with Gasteiger partial charge in [-0.15, -0.1) is 0 Å². The fourth-order valence-corrected chi connectivity index (χ4v) is 3.46. The monoisotopic (exact) mass is 332 g/mol. The minimum atomic E-state index is -0.353. The van der Waals surface area contributed by atoms with Gasteiger partial charge in [0.25, 0.3) is 0 Å². The molecule has 0 aliphatic carbocycles. The van der Waals surface area contributed by atoms with E-state index in [1.165, 1.54) is 0 Å². The minimum Gasteiger partial charge on any atom is -0.447 e. The first-order valence-corrected chi connectivity index (χ1v) is 8.34. The van der Waals surface area contributed by atoms with Crippen molar-refractivity contribution in [3.8, 4) is 0 Å². The van der Waals surface area contributed by atoms with Crippen molar-refractivity contribution in [2.45, 2.75) is 25.4 Å². The Morgan fingerprint density at radius 2 is 2.12 bits per heavy atom. The summed E-state index contributed by atoms with van der Waals surface area (Å²) in [6.45, 7) is 5.14. The molecule has 2 amide bonds. The average Bonchev–Trinajstić information content (AvgIpc) is 2.92. The van der Waals surface area contributed by atoms with Crippen molar-refractivity contribution >= 4 is 12.0 Å². The quantitative estimate of drug-likeness (QED) is 0.803. The summed E-state index contributed by atoms with van der Waals surface area (Å²) >= 11 is 0. The second-order valence-electron chi connectivity index (χ2n) is 6.63. The summed E-state index contributed by atoms with van der Waals surface area (Å²) < 4.78 is 5.21. The molecule has 2 saturated heterocycles. The van der Waals surface area contributed by atoms with Gasteiger partial charge in [-0.1, -0.05) is 6.92 Å². The second kappa shape index (κ2) is 6.76. The third kappa shape index (κ3) is 3.21. The van der Waals surface area contributed by atoms with Crippen molar-refractivity contribution in [2.75, 3.05) is 39.8 Å². The molecule has 2 aliphatic rings. The first-order valence-electron chi connectivity index (χ1n) is 8.34. The van der Waals surface area contributed by atoms with Crippen LogP contribution in [0.1, 0.15) is 18.9 Å². The van der Waals surface area contributed by atoms with Crippen LogP contribution in [0, 0.1) is 0 Å². The molecule has 0 aromatic carbocycles. The van der Waals surface area contributed by atoms with Crippen molar-refractivity contribution in [1.29, 1.82) is 0 Å². The van der Waals surface area contributed by atoms with E-state index in [-0.39, 0.29) is 17.5 Å². The van der Waals surface area contributed by atoms with Crippen LogP contribution in [0.25, 0.3) is 0 Å². The van der Waals surface area contributed by atoms with E-state index in [2.05, 4.69) is 4.98 Å². The number of hydrogen-bond donors (Lipinski definition) is 0. The molecular formula is C17H24N4O3. The van der Waals surface area contributed by atoms with Gasteiger partial charge in [0.05, 0.1) is 12.1 Å². The van der Waals surface area contributed by atoms with E-state index >= 15 is 0 Å². The number of fused-ring (bicyclic) bond motifs is 1. The highest BCUT2D eigenvalue weighted by molar-refractivity contribution is 5.79. The van der Waals surface area contributed by atoms with Gasteiger partial charge in [-0.25, -0.2) is 4.79 Å². The molecule has 0 spiro atoms. The number of likely N-dealkylation sites (N-methyl/N-ethyl adjacent to an activating group) is 1. The number of carbonyl (C=O) groups is 2. The molecular weight excluding hydrogens is 308 g/mol. The first kappa shape index (κ1) is 16.7. The van der Waals surface area contributed by atoms with Crippen molar-refractivity contribution in [3.63, 3.8) is 0 Å². The summed E-state index contributed by atoms with van der Waals surface area (Å²) in [6, 6.07) is 3.90. The maximum atomic E-state index is 12.7. The zero-order valence-electron chi connectivity index (χ0n) is 14.3. The fourth-order valence-electron chi connectivity index (χ4n) is 3.46. The summed E-state index contributed by atoms with van der Waals surface area (Å²) in [5.74, 6) is 0.0957. The van der Waals surface area contributed by atoms with Crippen molar-refractivity contribution in [1.82, 2.24) is 19.7 Å². The van der Waals surface area contributed by atoms with Gasteiger partial charge in [0.15, 0.2) is 0 Å². The van der Waals surface area contributed by atoms with E-state index in [0.29, 0.717) is 39.3 Å². The van der Waals surface area contributed by atoms with Gasteiger partial charge in [0.2, 0.25) is 5.91 Å². The van der Waals surface area contributed by atoms with Gasteiger partial charge < -0.3 is 9.64 Å². The normalized spacial score (nSPS) is 23.4. The SMILES string of the molecule is CCC12COC(=O)N1CCN(C(=O)CN(C)Cc1ccncc1)C2. The molecule has 2 fully saturated rings. The van der Waals surface area contributed by atoms with Crippen LogP contribution in [-0.2, 0) is 16.1 Å². The number of carbonyl (C=O) groups excluding carboxylic acids is 2. The number of aromatic nitrogens is 1. The Balaban J connectivity index is 1.58. The third-order valence-corrected chi connectivity index (χ3v) is 4.95. The van der Waals surface area contributed by atoms with E-state index in [9.17, 15) is 9.59 Å². The highest BCUT2D eigenvalue weighted by Crippen LogP contribution is 2.31. The van der Waals surface area contributed by atoms with Gasteiger partial charge in [-0.05, 0) is 31.2 Å². The summed E-state index contributed by atoms with van der Waals surface area (Å²) in [5.41, 5.74) is 0.777. The predicted octanol–water partition coefficient (Wildman–Crippen LogP) is 0.957. The van der Waals surface area contributed by atoms with Crippen molar-refractivity contribution in [3.05, 3.63) is 30.1 Å². The fraction of sp³-hybridized carbons (Fsp3) is 0.588. The molecule has 0 N–H and O–H groups in total. The standard InChI is InChI=1S/C17H24N4O3/c1-3-17-12-20(8-9-21(17)16(23)24-13-17)15(22)11-19(2)10-14-4-6-18-7-5-14/h4-7H,3,8-13H2,1-2H3. The zero-order valence-corrected chi connectivity index (χ0v) is 14.3. The molecule has 130 valence electrons. The van der Waals surface area contributed by atoms with Gasteiger partial charge in [0.1, 0.15) is 6.61 Å². The van der Waals surface area contributed by atoms with E-state index < -0.39 is 0 Å². The zero-order chi connectivity index (χ0) is 17.2. The molecule has 24 heavy (non-hydrogen) atoms. The molecule has 1 atom stereocenters. The van der Waals surface area contributed by atoms with Crippen LogP contribution in [0.15, 0.2) is 24.5 Å². The molecule has 3 rings (SSSR count). The Kier molecular flexibility index (Phi) is 4.71. The third-order valence-electron chi connectivity index (χ3n) is 4.95. The smallest absolute Gasteiger partial charge is 0.410 e. The summed E-state index contributed by atoms with van der Waals surface area (Å²) in [5, 5.41) is 0.